The molecule has 1 aliphatic rings. The molecule has 0 fully saturated rings. The van der Waals surface area contributed by atoms with Crippen LogP contribution in [0.25, 0.3) is 22.7 Å². The summed E-state index contributed by atoms with van der Waals surface area (Å²) in [6.07, 6.45) is 3.68. The van der Waals surface area contributed by atoms with Crippen molar-refractivity contribution >= 4 is 46.8 Å². The van der Waals surface area contributed by atoms with E-state index in [1.54, 1.807) is 6.07 Å². The summed E-state index contributed by atoms with van der Waals surface area (Å²) in [7, 11) is 0. The van der Waals surface area contributed by atoms with E-state index in [9.17, 15) is 19.5 Å². The second-order valence-electron chi connectivity index (χ2n) is 12.3. The van der Waals surface area contributed by atoms with Gasteiger partial charge in [0.05, 0.1) is 5.56 Å². The van der Waals surface area contributed by atoms with Crippen LogP contribution in [0.5, 0.6) is 5.75 Å². The van der Waals surface area contributed by atoms with E-state index < -0.39 is 11.6 Å². The number of anilines is 1. The standard InChI is InChI=1S/C32H38N2O7.C2H6/c1-19(29-33-24-15-21(30(37)38)10-11-26(24)40-29)13-22-14-23-20(2)17-32(6,7)34(25(23)16-27(22)39-18-35)12-8-9-28(36)41-31(3,4)5;1-2/h10-11,13-16,18,20H,8-9,12,17H2,1-7H3,(H,37,38);1-2H3/b19-13+;. The molecule has 43 heavy (non-hydrogen) atoms. The molecule has 0 aliphatic carbocycles. The lowest BCUT2D eigenvalue weighted by Gasteiger charge is -2.48. The van der Waals surface area contributed by atoms with Gasteiger partial charge in [0.1, 0.15) is 16.9 Å². The molecule has 2 aromatic carbocycles. The number of rotatable bonds is 9. The largest absolute Gasteiger partial charge is 0.478 e. The average Bonchev–Trinajstić information content (AvgIpc) is 3.35. The number of esters is 1. The predicted octanol–water partition coefficient (Wildman–Crippen LogP) is 7.86. The molecule has 9 heteroatoms. The topological polar surface area (TPSA) is 119 Å². The molecule has 3 aromatic rings. The highest BCUT2D eigenvalue weighted by Gasteiger charge is 2.37. The van der Waals surface area contributed by atoms with E-state index >= 15 is 0 Å². The van der Waals surface area contributed by atoms with Crippen molar-refractivity contribution in [3.63, 3.8) is 0 Å². The third kappa shape index (κ3) is 8.03. The number of carbonyl (C=O) groups excluding carboxylic acids is 2. The first-order valence-corrected chi connectivity index (χ1v) is 14.8. The third-order valence-corrected chi connectivity index (χ3v) is 7.22. The highest BCUT2D eigenvalue weighted by Crippen LogP contribution is 2.46. The minimum Gasteiger partial charge on any atom is -0.478 e. The first kappa shape index (κ1) is 33.4. The van der Waals surface area contributed by atoms with Gasteiger partial charge in [0.2, 0.25) is 5.89 Å². The molecule has 1 unspecified atom stereocenters. The van der Waals surface area contributed by atoms with Crippen molar-refractivity contribution in [2.24, 2.45) is 0 Å². The Balaban J connectivity index is 0.00000248. The van der Waals surface area contributed by atoms with Crippen LogP contribution in [0.4, 0.5) is 5.69 Å². The van der Waals surface area contributed by atoms with Gasteiger partial charge in [0.15, 0.2) is 5.58 Å². The molecule has 1 aliphatic heterocycles. The molecular weight excluding hydrogens is 548 g/mol. The van der Waals surface area contributed by atoms with Crippen molar-refractivity contribution in [1.29, 1.82) is 0 Å². The summed E-state index contributed by atoms with van der Waals surface area (Å²) in [5, 5.41) is 9.28. The molecule has 0 spiro atoms. The van der Waals surface area contributed by atoms with Gasteiger partial charge in [0, 0.05) is 41.4 Å². The van der Waals surface area contributed by atoms with Crippen LogP contribution in [0.3, 0.4) is 0 Å². The average molecular weight is 593 g/mol. The van der Waals surface area contributed by atoms with Crippen molar-refractivity contribution in [3.8, 4) is 5.75 Å². The summed E-state index contributed by atoms with van der Waals surface area (Å²) >= 11 is 0. The van der Waals surface area contributed by atoms with Crippen molar-refractivity contribution in [2.75, 3.05) is 11.4 Å². The molecular formula is C34H44N2O7. The van der Waals surface area contributed by atoms with Gasteiger partial charge in [-0.2, -0.15) is 0 Å². The number of benzene rings is 2. The van der Waals surface area contributed by atoms with Gasteiger partial charge in [0.25, 0.3) is 6.47 Å². The number of aromatic carboxylic acids is 1. The summed E-state index contributed by atoms with van der Waals surface area (Å²) in [6, 6.07) is 8.45. The van der Waals surface area contributed by atoms with E-state index in [1.807, 2.05) is 59.8 Å². The van der Waals surface area contributed by atoms with Gasteiger partial charge in [-0.05, 0) is 96.2 Å². The van der Waals surface area contributed by atoms with Crippen LogP contribution in [0.15, 0.2) is 34.7 Å². The number of aromatic nitrogens is 1. The number of oxazole rings is 1. The molecule has 9 nitrogen and oxygen atoms in total. The monoisotopic (exact) mass is 592 g/mol. The van der Waals surface area contributed by atoms with Crippen molar-refractivity contribution in [1.82, 2.24) is 4.98 Å². The van der Waals surface area contributed by atoms with Gasteiger partial charge in [-0.15, -0.1) is 0 Å². The fraction of sp³-hybridized carbons (Fsp3) is 0.471. The quantitative estimate of drug-likeness (QED) is 0.195. The fourth-order valence-electron chi connectivity index (χ4n) is 5.52. The van der Waals surface area contributed by atoms with Crippen LogP contribution >= 0.6 is 0 Å². The van der Waals surface area contributed by atoms with E-state index in [2.05, 4.69) is 30.7 Å². The molecule has 0 bridgehead atoms. The zero-order valence-corrected chi connectivity index (χ0v) is 26.7. The van der Waals surface area contributed by atoms with Crippen LogP contribution < -0.4 is 9.64 Å². The summed E-state index contributed by atoms with van der Waals surface area (Å²) in [5.74, 6) is -0.289. The molecule has 4 rings (SSSR count). The first-order valence-electron chi connectivity index (χ1n) is 14.8. The Labute approximate surface area is 253 Å². The van der Waals surface area contributed by atoms with Crippen LogP contribution in [-0.2, 0) is 14.3 Å². The van der Waals surface area contributed by atoms with E-state index in [0.29, 0.717) is 59.7 Å². The second kappa shape index (κ2) is 13.4. The van der Waals surface area contributed by atoms with E-state index in [0.717, 1.165) is 17.7 Å². The molecule has 0 saturated heterocycles. The van der Waals surface area contributed by atoms with E-state index in [1.165, 1.54) is 12.1 Å². The Morgan fingerprint density at radius 1 is 1.19 bits per heavy atom. The minimum atomic E-state index is -1.04. The number of carbonyl (C=O) groups is 3. The van der Waals surface area contributed by atoms with Crippen LogP contribution in [0, 0.1) is 0 Å². The first-order chi connectivity index (χ1) is 20.2. The highest BCUT2D eigenvalue weighted by molar-refractivity contribution is 5.92. The Bertz CT molecular complexity index is 1510. The van der Waals surface area contributed by atoms with E-state index in [-0.39, 0.29) is 23.0 Å². The molecule has 2 heterocycles. The molecule has 0 amide bonds. The third-order valence-electron chi connectivity index (χ3n) is 7.22. The lowest BCUT2D eigenvalue weighted by Crippen LogP contribution is -2.49. The maximum absolute atomic E-state index is 12.3. The van der Waals surface area contributed by atoms with Crippen molar-refractivity contribution < 1.29 is 33.4 Å². The number of carboxylic acids is 1. The maximum atomic E-state index is 12.3. The maximum Gasteiger partial charge on any atom is 0.335 e. The van der Waals surface area contributed by atoms with Crippen molar-refractivity contribution in [2.45, 2.75) is 98.6 Å². The number of allylic oxidation sites excluding steroid dienone is 1. The smallest absolute Gasteiger partial charge is 0.335 e. The van der Waals surface area contributed by atoms with Gasteiger partial charge in [-0.1, -0.05) is 20.8 Å². The SMILES string of the molecule is C/C(=C\c1cc2c(cc1OC=O)N(CCCC(=O)OC(C)(C)C)C(C)(C)CC2C)c1nc2cc(C(=O)O)ccc2o1.CC. The van der Waals surface area contributed by atoms with Crippen molar-refractivity contribution in [3.05, 3.63) is 52.9 Å². The Hall–Kier alpha value is -4.14. The van der Waals surface area contributed by atoms with Crippen LogP contribution in [0.1, 0.15) is 115 Å². The fourth-order valence-corrected chi connectivity index (χ4v) is 5.52. The molecule has 1 N–H and O–H groups in total. The highest BCUT2D eigenvalue weighted by atomic mass is 16.6. The number of carboxylic acid groups (broad SMARTS) is 1. The second-order valence-corrected chi connectivity index (χ2v) is 12.3. The van der Waals surface area contributed by atoms with E-state index in [4.69, 9.17) is 13.9 Å². The van der Waals surface area contributed by atoms with Crippen LogP contribution in [-0.4, -0.2) is 46.2 Å². The molecule has 1 aromatic heterocycles. The summed E-state index contributed by atoms with van der Waals surface area (Å²) in [6.45, 7) is 19.0. The number of hydrogen-bond donors (Lipinski definition) is 1. The van der Waals surface area contributed by atoms with Gasteiger partial charge in [-0.3, -0.25) is 9.59 Å². The minimum absolute atomic E-state index is 0.128. The Morgan fingerprint density at radius 3 is 2.51 bits per heavy atom. The molecule has 0 saturated carbocycles. The summed E-state index contributed by atoms with van der Waals surface area (Å²) < 4.78 is 16.8. The van der Waals surface area contributed by atoms with Gasteiger partial charge < -0.3 is 23.9 Å². The zero-order chi connectivity index (χ0) is 32.1. The molecule has 1 atom stereocenters. The summed E-state index contributed by atoms with van der Waals surface area (Å²) in [4.78, 5) is 41.9. The molecule has 232 valence electrons. The number of nitrogens with zero attached hydrogens (tertiary/aromatic N) is 2. The number of fused-ring (bicyclic) bond motifs is 2. The number of hydrogen-bond acceptors (Lipinski definition) is 8. The Kier molecular flexibility index (Phi) is 10.4. The number of ether oxygens (including phenoxy) is 2. The zero-order valence-electron chi connectivity index (χ0n) is 26.7. The predicted molar refractivity (Wildman–Crippen MR) is 169 cm³/mol. The van der Waals surface area contributed by atoms with Gasteiger partial charge in [-0.25, -0.2) is 9.78 Å². The Morgan fingerprint density at radius 2 is 1.88 bits per heavy atom. The molecule has 0 radical (unpaired) electrons. The van der Waals surface area contributed by atoms with Gasteiger partial charge >= 0.3 is 11.9 Å². The van der Waals surface area contributed by atoms with Crippen LogP contribution in [0.2, 0.25) is 0 Å². The summed E-state index contributed by atoms with van der Waals surface area (Å²) in [5.41, 5.74) is 3.81. The lowest BCUT2D eigenvalue weighted by molar-refractivity contribution is -0.154. The lowest BCUT2D eigenvalue weighted by atomic mass is 9.79. The normalized spacial score (nSPS) is 16.2.